The number of amides is 2. The first kappa shape index (κ1) is 27.7. The lowest BCUT2D eigenvalue weighted by molar-refractivity contribution is -0.140. The SMILES string of the molecule is COc1ccccc1CN(C(=O)CCl)C(C(=O)NC1CCCCC1)c1ccc(OC(C)C)c(OC)c1. The molecule has 0 saturated heterocycles. The molecule has 2 aromatic rings. The van der Waals surface area contributed by atoms with E-state index in [1.165, 1.54) is 11.3 Å². The van der Waals surface area contributed by atoms with Crippen LogP contribution < -0.4 is 19.5 Å². The van der Waals surface area contributed by atoms with Crippen LogP contribution in [0.4, 0.5) is 0 Å². The van der Waals surface area contributed by atoms with E-state index in [-0.39, 0.29) is 36.4 Å². The molecule has 0 radical (unpaired) electrons. The van der Waals surface area contributed by atoms with Gasteiger partial charge in [-0.05, 0) is 50.5 Å². The number of nitrogens with one attached hydrogen (secondary N) is 1. The number of rotatable bonds is 11. The first-order valence-electron chi connectivity index (χ1n) is 12.5. The van der Waals surface area contributed by atoms with Crippen LogP contribution in [0.3, 0.4) is 0 Å². The number of benzene rings is 2. The van der Waals surface area contributed by atoms with E-state index in [0.717, 1.165) is 31.2 Å². The molecule has 2 aromatic carbocycles. The predicted molar refractivity (Wildman–Crippen MR) is 141 cm³/mol. The van der Waals surface area contributed by atoms with Gasteiger partial charge < -0.3 is 24.4 Å². The minimum absolute atomic E-state index is 0.0463. The Labute approximate surface area is 219 Å². The van der Waals surface area contributed by atoms with Gasteiger partial charge in [0.25, 0.3) is 0 Å². The zero-order valence-electron chi connectivity index (χ0n) is 21.6. The highest BCUT2D eigenvalue weighted by Gasteiger charge is 2.34. The second-order valence-corrected chi connectivity index (χ2v) is 9.56. The number of nitrogens with zero attached hydrogens (tertiary/aromatic N) is 1. The van der Waals surface area contributed by atoms with E-state index in [1.807, 2.05) is 44.2 Å². The third kappa shape index (κ3) is 7.06. The number of carbonyl (C=O) groups is 2. The fraction of sp³-hybridized carbons (Fsp3) is 0.500. The van der Waals surface area contributed by atoms with E-state index in [0.29, 0.717) is 22.8 Å². The first-order valence-corrected chi connectivity index (χ1v) is 13.0. The summed E-state index contributed by atoms with van der Waals surface area (Å²) in [6.45, 7) is 4.02. The third-order valence-corrected chi connectivity index (χ3v) is 6.57. The van der Waals surface area contributed by atoms with E-state index in [1.54, 1.807) is 26.4 Å². The summed E-state index contributed by atoms with van der Waals surface area (Å²) in [7, 11) is 3.14. The van der Waals surface area contributed by atoms with E-state index in [4.69, 9.17) is 25.8 Å². The maximum absolute atomic E-state index is 13.8. The molecule has 7 nitrogen and oxygen atoms in total. The number of halogens is 1. The molecule has 2 amide bonds. The van der Waals surface area contributed by atoms with Crippen molar-refractivity contribution in [2.24, 2.45) is 0 Å². The van der Waals surface area contributed by atoms with Crippen LogP contribution in [-0.4, -0.2) is 49.0 Å². The lowest BCUT2D eigenvalue weighted by Gasteiger charge is -2.33. The quantitative estimate of drug-likeness (QED) is 0.413. The summed E-state index contributed by atoms with van der Waals surface area (Å²) in [5.74, 6) is 0.848. The second-order valence-electron chi connectivity index (χ2n) is 9.29. The summed E-state index contributed by atoms with van der Waals surface area (Å²) in [5.41, 5.74) is 1.39. The van der Waals surface area contributed by atoms with Gasteiger partial charge in [-0.25, -0.2) is 0 Å². The van der Waals surface area contributed by atoms with Crippen molar-refractivity contribution in [2.75, 3.05) is 20.1 Å². The molecular formula is C28H37ClN2O5. The van der Waals surface area contributed by atoms with Crippen LogP contribution in [0, 0.1) is 0 Å². The smallest absolute Gasteiger partial charge is 0.247 e. The van der Waals surface area contributed by atoms with Crippen LogP contribution in [0.1, 0.15) is 63.1 Å². The van der Waals surface area contributed by atoms with Gasteiger partial charge in [0.2, 0.25) is 11.8 Å². The molecule has 0 aromatic heterocycles. The molecular weight excluding hydrogens is 480 g/mol. The first-order chi connectivity index (χ1) is 17.4. The summed E-state index contributed by atoms with van der Waals surface area (Å²) in [6, 6.07) is 12.0. The molecule has 0 heterocycles. The van der Waals surface area contributed by atoms with Gasteiger partial charge >= 0.3 is 0 Å². The van der Waals surface area contributed by atoms with E-state index in [9.17, 15) is 9.59 Å². The Bertz CT molecular complexity index is 1020. The Morgan fingerprint density at radius 1 is 1.00 bits per heavy atom. The van der Waals surface area contributed by atoms with Crippen molar-refractivity contribution in [1.82, 2.24) is 10.2 Å². The van der Waals surface area contributed by atoms with Crippen LogP contribution in [0.2, 0.25) is 0 Å². The lowest BCUT2D eigenvalue weighted by Crippen LogP contribution is -2.47. The molecule has 36 heavy (non-hydrogen) atoms. The highest BCUT2D eigenvalue weighted by Crippen LogP contribution is 2.35. The maximum atomic E-state index is 13.8. The van der Waals surface area contributed by atoms with Crippen LogP contribution >= 0.6 is 11.6 Å². The molecule has 1 atom stereocenters. The average Bonchev–Trinajstić information content (AvgIpc) is 2.89. The third-order valence-electron chi connectivity index (χ3n) is 6.35. The van der Waals surface area contributed by atoms with E-state index >= 15 is 0 Å². The number of hydrogen-bond donors (Lipinski definition) is 1. The number of para-hydroxylation sites is 1. The van der Waals surface area contributed by atoms with Crippen molar-refractivity contribution < 1.29 is 23.8 Å². The lowest BCUT2D eigenvalue weighted by atomic mass is 9.94. The predicted octanol–water partition coefficient (Wildman–Crippen LogP) is 5.25. The molecule has 0 spiro atoms. The highest BCUT2D eigenvalue weighted by atomic mass is 35.5. The fourth-order valence-electron chi connectivity index (χ4n) is 4.62. The number of hydrogen-bond acceptors (Lipinski definition) is 5. The van der Waals surface area contributed by atoms with Gasteiger partial charge in [0.15, 0.2) is 11.5 Å². The average molecular weight is 517 g/mol. The van der Waals surface area contributed by atoms with Gasteiger partial charge in [0.05, 0.1) is 26.9 Å². The topological polar surface area (TPSA) is 77.1 Å². The minimum Gasteiger partial charge on any atom is -0.496 e. The normalized spacial score (nSPS) is 14.7. The molecule has 1 unspecified atom stereocenters. The van der Waals surface area contributed by atoms with Crippen LogP contribution in [0.25, 0.3) is 0 Å². The molecule has 1 saturated carbocycles. The number of carbonyl (C=O) groups excluding carboxylic acids is 2. The van der Waals surface area contributed by atoms with Crippen molar-refractivity contribution >= 4 is 23.4 Å². The van der Waals surface area contributed by atoms with Crippen LogP contribution in [-0.2, 0) is 16.1 Å². The highest BCUT2D eigenvalue weighted by molar-refractivity contribution is 6.27. The molecule has 3 rings (SSSR count). The molecule has 1 fully saturated rings. The zero-order valence-corrected chi connectivity index (χ0v) is 22.3. The summed E-state index contributed by atoms with van der Waals surface area (Å²) >= 11 is 6.06. The molecule has 1 N–H and O–H groups in total. The monoisotopic (exact) mass is 516 g/mol. The molecule has 0 aliphatic heterocycles. The van der Waals surface area contributed by atoms with E-state index < -0.39 is 6.04 Å². The van der Waals surface area contributed by atoms with Crippen molar-refractivity contribution in [3.05, 3.63) is 53.6 Å². The summed E-state index contributed by atoms with van der Waals surface area (Å²) < 4.78 is 17.0. The van der Waals surface area contributed by atoms with Crippen molar-refractivity contribution in [1.29, 1.82) is 0 Å². The number of ether oxygens (including phenoxy) is 3. The van der Waals surface area contributed by atoms with Crippen molar-refractivity contribution in [3.63, 3.8) is 0 Å². The zero-order chi connectivity index (χ0) is 26.1. The van der Waals surface area contributed by atoms with E-state index in [2.05, 4.69) is 5.32 Å². The fourth-order valence-corrected chi connectivity index (χ4v) is 4.78. The number of methoxy groups -OCH3 is 2. The second kappa shape index (κ2) is 13.4. The Morgan fingerprint density at radius 2 is 1.69 bits per heavy atom. The maximum Gasteiger partial charge on any atom is 0.247 e. The van der Waals surface area contributed by atoms with Gasteiger partial charge in [0, 0.05) is 11.6 Å². The van der Waals surface area contributed by atoms with Gasteiger partial charge in [-0.15, -0.1) is 11.6 Å². The van der Waals surface area contributed by atoms with Crippen LogP contribution in [0.15, 0.2) is 42.5 Å². The molecule has 0 bridgehead atoms. The van der Waals surface area contributed by atoms with Crippen LogP contribution in [0.5, 0.6) is 17.2 Å². The minimum atomic E-state index is -0.912. The van der Waals surface area contributed by atoms with Gasteiger partial charge in [-0.2, -0.15) is 0 Å². The van der Waals surface area contributed by atoms with Crippen molar-refractivity contribution in [3.8, 4) is 17.2 Å². The standard InChI is InChI=1S/C28H37ClN2O5/c1-19(2)36-24-15-14-20(16-25(24)35-4)27(28(33)30-22-11-6-5-7-12-22)31(26(32)17-29)18-21-10-8-9-13-23(21)34-3/h8-10,13-16,19,22,27H,5-7,11-12,17-18H2,1-4H3,(H,30,33). The van der Waals surface area contributed by atoms with Crippen molar-refractivity contribution in [2.45, 2.75) is 70.7 Å². The molecule has 8 heteroatoms. The van der Waals surface area contributed by atoms with Gasteiger partial charge in [-0.3, -0.25) is 9.59 Å². The molecule has 1 aliphatic carbocycles. The Hall–Kier alpha value is -2.93. The molecule has 196 valence electrons. The van der Waals surface area contributed by atoms with Gasteiger partial charge in [-0.1, -0.05) is 43.5 Å². The summed E-state index contributed by atoms with van der Waals surface area (Å²) in [4.78, 5) is 28.6. The Kier molecular flexibility index (Phi) is 10.3. The summed E-state index contributed by atoms with van der Waals surface area (Å²) in [6.07, 6.45) is 5.15. The summed E-state index contributed by atoms with van der Waals surface area (Å²) in [5, 5.41) is 3.20. The molecule has 1 aliphatic rings. The number of alkyl halides is 1. The largest absolute Gasteiger partial charge is 0.496 e. The Balaban J connectivity index is 2.05. The van der Waals surface area contributed by atoms with Gasteiger partial charge in [0.1, 0.15) is 17.7 Å². The Morgan fingerprint density at radius 3 is 2.33 bits per heavy atom.